The van der Waals surface area contributed by atoms with Crippen LogP contribution in [0.4, 0.5) is 46.5 Å². The van der Waals surface area contributed by atoms with Crippen molar-refractivity contribution >= 4 is 67.9 Å². The third kappa shape index (κ3) is 10.5. The Labute approximate surface area is 378 Å². The zero-order chi connectivity index (χ0) is 49.5. The molecule has 0 radical (unpaired) electrons. The third-order valence-electron chi connectivity index (χ3n) is 10.7. The number of carbonyl (C=O) groups is 2. The fourth-order valence-electron chi connectivity index (χ4n) is 7.25. The summed E-state index contributed by atoms with van der Waals surface area (Å²) in [7, 11) is 0. The van der Waals surface area contributed by atoms with Crippen LogP contribution in [0.25, 0.3) is 21.5 Å². The smallest absolute Gasteiger partial charge is 0.373 e. The van der Waals surface area contributed by atoms with Gasteiger partial charge in [-0.1, -0.05) is 73.3 Å². The number of nitrogens with one attached hydrogen (secondary N) is 2. The predicted octanol–water partition coefficient (Wildman–Crippen LogP) is 9.78. The molecule has 352 valence electrons. The topological polar surface area (TPSA) is 185 Å². The molecule has 0 aliphatic carbocycles. The molecule has 2 atom stereocenters. The highest BCUT2D eigenvalue weighted by atomic mass is 35.5. The van der Waals surface area contributed by atoms with Crippen LogP contribution >= 0.6 is 23.2 Å². The summed E-state index contributed by atoms with van der Waals surface area (Å²) in [5.41, 5.74) is -11.5. The number of aryl methyl sites for hydroxylation is 2. The molecule has 2 amide bonds. The van der Waals surface area contributed by atoms with Crippen molar-refractivity contribution in [2.75, 3.05) is 10.6 Å². The minimum Gasteiger partial charge on any atom is -0.373 e. The minimum absolute atomic E-state index is 0.0942. The van der Waals surface area contributed by atoms with Crippen molar-refractivity contribution < 1.29 is 64.0 Å². The summed E-state index contributed by atoms with van der Waals surface area (Å²) >= 11 is 12.0. The van der Waals surface area contributed by atoms with Gasteiger partial charge < -0.3 is 29.9 Å². The van der Waals surface area contributed by atoms with Crippen LogP contribution in [0.1, 0.15) is 63.1 Å². The highest BCUT2D eigenvalue weighted by Gasteiger charge is 2.62. The van der Waals surface area contributed by atoms with Gasteiger partial charge in [0, 0.05) is 45.0 Å². The highest BCUT2D eigenvalue weighted by molar-refractivity contribution is 6.31. The molecule has 6 aromatic rings. The molecule has 4 N–H and O–H groups in total. The molecule has 6 rings (SSSR count). The van der Waals surface area contributed by atoms with Crippen LogP contribution in [0.5, 0.6) is 0 Å². The lowest BCUT2D eigenvalue weighted by molar-refractivity contribution is -0.255. The van der Waals surface area contributed by atoms with E-state index in [0.29, 0.717) is 0 Å². The maximum absolute atomic E-state index is 14.0. The van der Waals surface area contributed by atoms with Crippen molar-refractivity contribution in [1.82, 2.24) is 10.3 Å². The van der Waals surface area contributed by atoms with Gasteiger partial charge in [-0.2, -0.15) is 26.3 Å². The zero-order valence-corrected chi connectivity index (χ0v) is 36.9. The second-order valence-corrected chi connectivity index (χ2v) is 17.4. The molecule has 0 aliphatic rings. The van der Waals surface area contributed by atoms with Crippen LogP contribution in [0, 0.1) is 25.5 Å². The third-order valence-corrected chi connectivity index (χ3v) is 11.3. The Morgan fingerprint density at radius 2 is 0.909 bits per heavy atom. The van der Waals surface area contributed by atoms with Crippen LogP contribution in [-0.4, -0.2) is 55.9 Å². The molecule has 2 heterocycles. The first-order valence-corrected chi connectivity index (χ1v) is 20.0. The summed E-state index contributed by atoms with van der Waals surface area (Å²) in [6.45, 7) is 8.41. The Morgan fingerprint density at radius 1 is 0.576 bits per heavy atom. The molecule has 0 fully saturated rings. The van der Waals surface area contributed by atoms with Crippen LogP contribution in [0.15, 0.2) is 91.4 Å². The first-order chi connectivity index (χ1) is 30.3. The van der Waals surface area contributed by atoms with Crippen molar-refractivity contribution in [2.24, 2.45) is 0 Å². The average molecular weight is 974 g/mol. The first-order valence-electron chi connectivity index (χ1n) is 19.2. The summed E-state index contributed by atoms with van der Waals surface area (Å²) < 4.78 is 120. The number of alkyl halides is 6. The first kappa shape index (κ1) is 51.0. The molecule has 0 saturated carbocycles. The highest BCUT2D eigenvalue weighted by Crippen LogP contribution is 2.45. The molecule has 2 aromatic heterocycles. The van der Waals surface area contributed by atoms with Gasteiger partial charge in [-0.05, 0) is 96.5 Å². The summed E-state index contributed by atoms with van der Waals surface area (Å²) in [4.78, 5) is 49.0. The number of aromatic nitrogens is 2. The Morgan fingerprint density at radius 3 is 1.21 bits per heavy atom. The van der Waals surface area contributed by atoms with E-state index in [4.69, 9.17) is 23.2 Å². The largest absolute Gasteiger partial charge is 0.426 e. The van der Waals surface area contributed by atoms with Crippen LogP contribution in [0.2, 0.25) is 10.0 Å². The number of fused-ring (bicyclic) bond motifs is 2. The number of anilines is 2. The second-order valence-electron chi connectivity index (χ2n) is 16.6. The lowest BCUT2D eigenvalue weighted by Gasteiger charge is -2.37. The van der Waals surface area contributed by atoms with Gasteiger partial charge in [0.2, 0.25) is 11.2 Å². The van der Waals surface area contributed by atoms with Gasteiger partial charge in [0.1, 0.15) is 11.6 Å². The van der Waals surface area contributed by atoms with E-state index in [1.807, 2.05) is 0 Å². The van der Waals surface area contributed by atoms with Gasteiger partial charge in [0.15, 0.2) is 0 Å². The van der Waals surface area contributed by atoms with Crippen molar-refractivity contribution in [2.45, 2.75) is 88.8 Å². The number of aliphatic hydroxyl groups is 2. The van der Waals surface area contributed by atoms with E-state index < -0.39 is 81.9 Å². The van der Waals surface area contributed by atoms with Crippen LogP contribution in [-0.2, 0) is 20.4 Å². The number of benzene rings is 4. The van der Waals surface area contributed by atoms with E-state index in [0.717, 1.165) is 24.3 Å². The summed E-state index contributed by atoms with van der Waals surface area (Å²) in [6, 6.07) is 13.8. The number of hydrogen-bond donors (Lipinski definition) is 4. The standard InChI is InChI=1S/2C22H19ClF4N2O4/c2*1-11-15-9-13(5-6-14(15)18(30)33-29-11)28-19(31)21(32,22(25,26)27)10-20(2,3)16-7-4-12(24)8-17(16)23/h2*4-9,32H,10H2,1-3H3,(H,28,31). The van der Waals surface area contributed by atoms with Gasteiger partial charge in [-0.3, -0.25) is 9.59 Å². The Kier molecular flexibility index (Phi) is 14.2. The average Bonchev–Trinajstić information content (AvgIpc) is 3.19. The lowest BCUT2D eigenvalue weighted by atomic mass is 9.74. The van der Waals surface area contributed by atoms with Gasteiger partial charge in [-0.15, -0.1) is 0 Å². The van der Waals surface area contributed by atoms with E-state index in [1.54, 1.807) is 0 Å². The van der Waals surface area contributed by atoms with Crippen molar-refractivity contribution in [3.63, 3.8) is 0 Å². The molecular formula is C44H38Cl2F8N4O8. The lowest BCUT2D eigenvalue weighted by Crippen LogP contribution is -2.57. The Hall–Kier alpha value is -5.96. The number of rotatable bonds is 10. The van der Waals surface area contributed by atoms with E-state index in [-0.39, 0.29) is 65.5 Å². The van der Waals surface area contributed by atoms with E-state index in [2.05, 4.69) is 30.0 Å². The number of nitrogens with zero attached hydrogens (tertiary/aromatic N) is 2. The molecule has 0 bridgehead atoms. The van der Waals surface area contributed by atoms with Gasteiger partial charge in [0.25, 0.3) is 11.8 Å². The Bertz CT molecular complexity index is 2780. The van der Waals surface area contributed by atoms with E-state index >= 15 is 0 Å². The molecule has 4 aromatic carbocycles. The molecule has 22 heteroatoms. The maximum atomic E-state index is 14.0. The fraction of sp³-hybridized carbons (Fsp3) is 0.318. The monoisotopic (exact) mass is 972 g/mol. The van der Waals surface area contributed by atoms with Gasteiger partial charge in [0.05, 0.1) is 22.2 Å². The predicted molar refractivity (Wildman–Crippen MR) is 227 cm³/mol. The van der Waals surface area contributed by atoms with E-state index in [1.165, 1.54) is 90.1 Å². The quantitative estimate of drug-likeness (QED) is 0.0964. The number of amides is 2. The number of halogens is 10. The maximum Gasteiger partial charge on any atom is 0.426 e. The number of carbonyl (C=O) groups excluding carboxylic acids is 2. The molecule has 0 saturated heterocycles. The molecular weight excluding hydrogens is 935 g/mol. The minimum atomic E-state index is -5.35. The molecule has 66 heavy (non-hydrogen) atoms. The summed E-state index contributed by atoms with van der Waals surface area (Å²) in [5, 5.41) is 32.9. The van der Waals surface area contributed by atoms with Crippen molar-refractivity contribution in [3.8, 4) is 0 Å². The fourth-order valence-corrected chi connectivity index (χ4v) is 8.10. The van der Waals surface area contributed by atoms with Crippen LogP contribution < -0.4 is 21.9 Å². The van der Waals surface area contributed by atoms with Crippen LogP contribution in [0.3, 0.4) is 0 Å². The molecule has 2 unspecified atom stereocenters. The second kappa shape index (κ2) is 18.4. The Balaban J connectivity index is 0.000000247. The zero-order valence-electron chi connectivity index (χ0n) is 35.4. The van der Waals surface area contributed by atoms with Crippen molar-refractivity contribution in [1.29, 1.82) is 0 Å². The normalized spacial score (nSPS) is 14.2. The summed E-state index contributed by atoms with van der Waals surface area (Å²) in [5.74, 6) is -4.82. The SMILES string of the molecule is Cc1noc(=O)c2ccc(NC(=O)C(O)(CC(C)(C)c3ccc(F)cc3Cl)C(F)(F)F)cc12.Cc1noc(=O)c2ccc(NC(=O)C(O)(CC(C)(C)c3ccc(F)cc3Cl)C(F)(F)F)cc12. The summed E-state index contributed by atoms with van der Waals surface area (Å²) in [6.07, 6.45) is -12.9. The molecule has 0 spiro atoms. The molecule has 12 nitrogen and oxygen atoms in total. The van der Waals surface area contributed by atoms with Gasteiger partial charge >= 0.3 is 23.6 Å². The van der Waals surface area contributed by atoms with Crippen molar-refractivity contribution in [3.05, 3.63) is 138 Å². The van der Waals surface area contributed by atoms with E-state index in [9.17, 15) is 64.5 Å². The molecule has 0 aliphatic heterocycles. The number of hydrogen-bond acceptors (Lipinski definition) is 10. The van der Waals surface area contributed by atoms with Gasteiger partial charge in [-0.25, -0.2) is 18.4 Å².